The smallest absolute Gasteiger partial charge is 0.0838 e. The van der Waals surface area contributed by atoms with Crippen molar-refractivity contribution in [2.45, 2.75) is 25.4 Å². The highest BCUT2D eigenvalue weighted by Crippen LogP contribution is 2.19. The summed E-state index contributed by atoms with van der Waals surface area (Å²) in [7, 11) is 0. The van der Waals surface area contributed by atoms with Crippen LogP contribution in [0.25, 0.3) is 0 Å². The van der Waals surface area contributed by atoms with E-state index in [1.54, 1.807) is 6.20 Å². The summed E-state index contributed by atoms with van der Waals surface area (Å²) in [5.74, 6) is 0. The van der Waals surface area contributed by atoms with Crippen molar-refractivity contribution in [1.29, 1.82) is 0 Å². The fraction of sp³-hybridized carbons (Fsp3) is 0.545. The van der Waals surface area contributed by atoms with Crippen molar-refractivity contribution in [3.63, 3.8) is 0 Å². The molecule has 1 aliphatic heterocycles. The normalized spacial score (nSPS) is 26.7. The molecular weight excluding hydrogens is 176 g/mol. The van der Waals surface area contributed by atoms with Crippen LogP contribution in [0.15, 0.2) is 18.3 Å². The van der Waals surface area contributed by atoms with Gasteiger partial charge in [0.05, 0.1) is 5.60 Å². The van der Waals surface area contributed by atoms with Gasteiger partial charge in [0.1, 0.15) is 0 Å². The maximum Gasteiger partial charge on any atom is 0.0838 e. The van der Waals surface area contributed by atoms with Crippen molar-refractivity contribution < 1.29 is 5.11 Å². The average molecular weight is 192 g/mol. The first-order chi connectivity index (χ1) is 6.68. The van der Waals surface area contributed by atoms with E-state index in [1.165, 1.54) is 5.56 Å². The summed E-state index contributed by atoms with van der Waals surface area (Å²) < 4.78 is 0. The van der Waals surface area contributed by atoms with Gasteiger partial charge in [0.25, 0.3) is 0 Å². The Morgan fingerprint density at radius 1 is 1.64 bits per heavy atom. The number of aliphatic hydroxyl groups is 1. The number of aryl methyl sites for hydroxylation is 1. The van der Waals surface area contributed by atoms with Gasteiger partial charge >= 0.3 is 0 Å². The number of hydrogen-bond donors (Lipinski definition) is 2. The molecule has 3 heteroatoms. The predicted molar refractivity (Wildman–Crippen MR) is 55.1 cm³/mol. The molecule has 1 fully saturated rings. The molecule has 1 saturated heterocycles. The van der Waals surface area contributed by atoms with E-state index in [0.717, 1.165) is 18.7 Å². The molecule has 2 heterocycles. The Kier molecular flexibility index (Phi) is 2.52. The minimum atomic E-state index is -0.583. The summed E-state index contributed by atoms with van der Waals surface area (Å²) in [6.07, 6.45) is 3.28. The molecule has 76 valence electrons. The standard InChI is InChI=1S/C11H16N2O/c1-9-2-4-13-10(6-9)7-11(14)3-5-12-8-11/h2,4,6,12,14H,3,5,7-8H2,1H3. The zero-order valence-electron chi connectivity index (χ0n) is 8.45. The molecule has 0 radical (unpaired) electrons. The number of nitrogens with one attached hydrogen (secondary N) is 1. The number of pyridine rings is 1. The maximum absolute atomic E-state index is 10.1. The number of hydrogen-bond acceptors (Lipinski definition) is 3. The lowest BCUT2D eigenvalue weighted by Gasteiger charge is -2.20. The monoisotopic (exact) mass is 192 g/mol. The zero-order valence-corrected chi connectivity index (χ0v) is 8.45. The van der Waals surface area contributed by atoms with Crippen molar-refractivity contribution in [2.75, 3.05) is 13.1 Å². The van der Waals surface area contributed by atoms with Gasteiger partial charge in [-0.25, -0.2) is 0 Å². The van der Waals surface area contributed by atoms with Gasteiger partial charge in [-0.05, 0) is 37.6 Å². The Balaban J connectivity index is 2.10. The maximum atomic E-state index is 10.1. The lowest BCUT2D eigenvalue weighted by Crippen LogP contribution is -2.34. The number of aromatic nitrogens is 1. The van der Waals surface area contributed by atoms with Gasteiger partial charge in [0, 0.05) is 24.9 Å². The molecule has 3 nitrogen and oxygen atoms in total. The van der Waals surface area contributed by atoms with Gasteiger partial charge in [0.2, 0.25) is 0 Å². The van der Waals surface area contributed by atoms with E-state index in [1.807, 2.05) is 19.1 Å². The molecule has 2 N–H and O–H groups in total. The molecular formula is C11H16N2O. The van der Waals surface area contributed by atoms with Crippen molar-refractivity contribution in [2.24, 2.45) is 0 Å². The molecule has 1 unspecified atom stereocenters. The van der Waals surface area contributed by atoms with E-state index in [-0.39, 0.29) is 0 Å². The van der Waals surface area contributed by atoms with Crippen molar-refractivity contribution in [1.82, 2.24) is 10.3 Å². The topological polar surface area (TPSA) is 45.2 Å². The fourth-order valence-corrected chi connectivity index (χ4v) is 1.91. The summed E-state index contributed by atoms with van der Waals surface area (Å²) in [6, 6.07) is 4.01. The first-order valence-corrected chi connectivity index (χ1v) is 5.03. The van der Waals surface area contributed by atoms with E-state index in [2.05, 4.69) is 10.3 Å². The molecule has 2 rings (SSSR count). The highest BCUT2D eigenvalue weighted by molar-refractivity contribution is 5.16. The van der Waals surface area contributed by atoms with E-state index < -0.39 is 5.60 Å². The van der Waals surface area contributed by atoms with Crippen LogP contribution < -0.4 is 5.32 Å². The highest BCUT2D eigenvalue weighted by Gasteiger charge is 2.31. The van der Waals surface area contributed by atoms with Crippen LogP contribution in [0.5, 0.6) is 0 Å². The summed E-state index contributed by atoms with van der Waals surface area (Å²) in [5.41, 5.74) is 1.60. The minimum Gasteiger partial charge on any atom is -0.388 e. The van der Waals surface area contributed by atoms with Gasteiger partial charge in [-0.2, -0.15) is 0 Å². The van der Waals surface area contributed by atoms with Crippen LogP contribution in [-0.4, -0.2) is 28.8 Å². The molecule has 1 aromatic rings. The summed E-state index contributed by atoms with van der Waals surface area (Å²) in [6.45, 7) is 3.63. The minimum absolute atomic E-state index is 0.583. The molecule has 1 atom stereocenters. The average Bonchev–Trinajstić information content (AvgIpc) is 2.51. The SMILES string of the molecule is Cc1ccnc(CC2(O)CCNC2)c1. The second-order valence-corrected chi connectivity index (χ2v) is 4.15. The third-order valence-corrected chi connectivity index (χ3v) is 2.70. The van der Waals surface area contributed by atoms with Gasteiger partial charge in [-0.15, -0.1) is 0 Å². The summed E-state index contributed by atoms with van der Waals surface area (Å²) in [4.78, 5) is 4.26. The number of nitrogens with zero attached hydrogens (tertiary/aromatic N) is 1. The highest BCUT2D eigenvalue weighted by atomic mass is 16.3. The van der Waals surface area contributed by atoms with Crippen LogP contribution in [-0.2, 0) is 6.42 Å². The van der Waals surface area contributed by atoms with E-state index in [9.17, 15) is 5.11 Å². The van der Waals surface area contributed by atoms with Crippen molar-refractivity contribution >= 4 is 0 Å². The van der Waals surface area contributed by atoms with Crippen LogP contribution in [0, 0.1) is 6.92 Å². The fourth-order valence-electron chi connectivity index (χ4n) is 1.91. The molecule has 14 heavy (non-hydrogen) atoms. The van der Waals surface area contributed by atoms with Gasteiger partial charge in [-0.1, -0.05) is 0 Å². The molecule has 1 aliphatic rings. The summed E-state index contributed by atoms with van der Waals surface area (Å²) >= 11 is 0. The Labute approximate surface area is 84.2 Å². The molecule has 0 bridgehead atoms. The molecule has 0 spiro atoms. The lowest BCUT2D eigenvalue weighted by molar-refractivity contribution is 0.0609. The second-order valence-electron chi connectivity index (χ2n) is 4.15. The quantitative estimate of drug-likeness (QED) is 0.723. The third-order valence-electron chi connectivity index (χ3n) is 2.70. The molecule has 0 amide bonds. The van der Waals surface area contributed by atoms with Crippen LogP contribution in [0.1, 0.15) is 17.7 Å². The third kappa shape index (κ3) is 2.11. The van der Waals surface area contributed by atoms with Crippen LogP contribution in [0.3, 0.4) is 0 Å². The molecule has 0 saturated carbocycles. The van der Waals surface area contributed by atoms with E-state index >= 15 is 0 Å². The van der Waals surface area contributed by atoms with Gasteiger partial charge in [-0.3, -0.25) is 4.98 Å². The Hall–Kier alpha value is -0.930. The predicted octanol–water partition coefficient (Wildman–Crippen LogP) is 0.657. The van der Waals surface area contributed by atoms with Crippen LogP contribution in [0.4, 0.5) is 0 Å². The first kappa shape index (κ1) is 9.62. The molecule has 0 aliphatic carbocycles. The first-order valence-electron chi connectivity index (χ1n) is 5.03. The zero-order chi connectivity index (χ0) is 10.0. The Morgan fingerprint density at radius 2 is 2.50 bits per heavy atom. The summed E-state index contributed by atoms with van der Waals surface area (Å²) in [5, 5.41) is 13.3. The van der Waals surface area contributed by atoms with E-state index in [0.29, 0.717) is 13.0 Å². The van der Waals surface area contributed by atoms with Crippen LogP contribution in [0.2, 0.25) is 0 Å². The van der Waals surface area contributed by atoms with Crippen molar-refractivity contribution in [3.8, 4) is 0 Å². The van der Waals surface area contributed by atoms with Crippen LogP contribution >= 0.6 is 0 Å². The number of β-amino-alcohol motifs (C(OH)–C–C–N with tert-alkyl or cyclic N) is 1. The van der Waals surface area contributed by atoms with Gasteiger partial charge < -0.3 is 10.4 Å². The number of rotatable bonds is 2. The second kappa shape index (κ2) is 3.67. The largest absolute Gasteiger partial charge is 0.388 e. The molecule has 1 aromatic heterocycles. The van der Waals surface area contributed by atoms with Gasteiger partial charge in [0.15, 0.2) is 0 Å². The lowest BCUT2D eigenvalue weighted by atomic mass is 9.96. The van der Waals surface area contributed by atoms with E-state index in [4.69, 9.17) is 0 Å². The Bertz CT molecular complexity index is 319. The van der Waals surface area contributed by atoms with Crippen molar-refractivity contribution in [3.05, 3.63) is 29.6 Å². The Morgan fingerprint density at radius 3 is 3.14 bits per heavy atom. The molecule has 0 aromatic carbocycles.